The van der Waals surface area contributed by atoms with Crippen molar-refractivity contribution in [3.05, 3.63) is 12.4 Å². The van der Waals surface area contributed by atoms with Crippen molar-refractivity contribution < 1.29 is 9.53 Å². The van der Waals surface area contributed by atoms with Gasteiger partial charge in [-0.05, 0) is 13.8 Å². The molecule has 1 fully saturated rings. The maximum atomic E-state index is 12.1. The number of hydrogen-bond donors (Lipinski definition) is 1. The van der Waals surface area contributed by atoms with Crippen LogP contribution in [0.3, 0.4) is 0 Å². The Bertz CT molecular complexity index is 447. The number of morpholine rings is 1. The van der Waals surface area contributed by atoms with E-state index >= 15 is 0 Å². The smallest absolute Gasteiger partial charge is 0.233 e. The number of anilines is 1. The normalized spacial score (nSPS) is 23.4. The Morgan fingerprint density at radius 1 is 1.42 bits per heavy atom. The molecule has 2 N–H and O–H groups in total. The highest BCUT2D eigenvalue weighted by molar-refractivity contribution is 8.00. The van der Waals surface area contributed by atoms with Gasteiger partial charge in [-0.25, -0.2) is 9.97 Å². The fourth-order valence-corrected chi connectivity index (χ4v) is 2.83. The monoisotopic (exact) mass is 282 g/mol. The Hall–Kier alpha value is -1.34. The highest BCUT2D eigenvalue weighted by Crippen LogP contribution is 2.21. The Kier molecular flexibility index (Phi) is 4.60. The Morgan fingerprint density at radius 2 is 2.05 bits per heavy atom. The molecule has 7 heteroatoms. The summed E-state index contributed by atoms with van der Waals surface area (Å²) < 4.78 is 5.61. The van der Waals surface area contributed by atoms with Crippen LogP contribution in [0, 0.1) is 0 Å². The summed E-state index contributed by atoms with van der Waals surface area (Å²) in [6.07, 6.45) is 3.27. The topological polar surface area (TPSA) is 81.3 Å². The zero-order chi connectivity index (χ0) is 13.8. The van der Waals surface area contributed by atoms with Gasteiger partial charge < -0.3 is 15.4 Å². The Labute approximate surface area is 116 Å². The second-order valence-corrected chi connectivity index (χ2v) is 5.56. The number of thioether (sulfide) groups is 1. The van der Waals surface area contributed by atoms with Crippen LogP contribution in [0.15, 0.2) is 17.4 Å². The first-order valence-corrected chi connectivity index (χ1v) is 7.17. The van der Waals surface area contributed by atoms with Crippen LogP contribution in [0.1, 0.15) is 13.8 Å². The number of carbonyl (C=O) groups excluding carboxylic acids is 1. The van der Waals surface area contributed by atoms with Crippen molar-refractivity contribution in [2.75, 3.05) is 24.6 Å². The second kappa shape index (κ2) is 6.21. The average molecular weight is 282 g/mol. The van der Waals surface area contributed by atoms with Crippen molar-refractivity contribution in [2.45, 2.75) is 31.1 Å². The quantitative estimate of drug-likeness (QED) is 0.825. The molecule has 1 aliphatic rings. The molecular formula is C12H18N4O2S. The van der Waals surface area contributed by atoms with Crippen LogP contribution in [0.5, 0.6) is 0 Å². The van der Waals surface area contributed by atoms with E-state index in [9.17, 15) is 4.79 Å². The minimum absolute atomic E-state index is 0.0806. The summed E-state index contributed by atoms with van der Waals surface area (Å²) in [5.74, 6) is 0.767. The molecule has 1 saturated heterocycles. The molecule has 19 heavy (non-hydrogen) atoms. The van der Waals surface area contributed by atoms with Crippen molar-refractivity contribution in [1.82, 2.24) is 14.9 Å². The lowest BCUT2D eigenvalue weighted by Gasteiger charge is -2.35. The fraction of sp³-hybridized carbons (Fsp3) is 0.583. The van der Waals surface area contributed by atoms with Gasteiger partial charge in [0, 0.05) is 25.5 Å². The molecule has 1 aromatic rings. The van der Waals surface area contributed by atoms with E-state index in [1.807, 2.05) is 18.7 Å². The van der Waals surface area contributed by atoms with E-state index in [0.29, 0.717) is 29.7 Å². The van der Waals surface area contributed by atoms with Gasteiger partial charge in [0.1, 0.15) is 5.03 Å². The minimum atomic E-state index is 0.0806. The molecule has 2 rings (SSSR count). The third-order valence-corrected chi connectivity index (χ3v) is 3.78. The van der Waals surface area contributed by atoms with Gasteiger partial charge in [0.15, 0.2) is 5.82 Å². The largest absolute Gasteiger partial charge is 0.381 e. The Balaban J connectivity index is 1.89. The molecular weight excluding hydrogens is 264 g/mol. The van der Waals surface area contributed by atoms with Gasteiger partial charge in [0.25, 0.3) is 0 Å². The number of aromatic nitrogens is 2. The van der Waals surface area contributed by atoms with Crippen LogP contribution in [0.25, 0.3) is 0 Å². The predicted octanol–water partition coefficient (Wildman–Crippen LogP) is 0.787. The van der Waals surface area contributed by atoms with Crippen molar-refractivity contribution in [1.29, 1.82) is 0 Å². The molecule has 0 spiro atoms. The minimum Gasteiger partial charge on any atom is -0.381 e. The first-order valence-electron chi connectivity index (χ1n) is 6.18. The van der Waals surface area contributed by atoms with E-state index < -0.39 is 0 Å². The molecule has 1 aliphatic heterocycles. The number of nitrogens with zero attached hydrogens (tertiary/aromatic N) is 3. The number of amides is 1. The van der Waals surface area contributed by atoms with Crippen molar-refractivity contribution >= 4 is 23.5 Å². The van der Waals surface area contributed by atoms with Gasteiger partial charge in [-0.3, -0.25) is 4.79 Å². The first kappa shape index (κ1) is 14.1. The lowest BCUT2D eigenvalue weighted by atomic mass is 10.2. The molecule has 2 unspecified atom stereocenters. The van der Waals surface area contributed by atoms with Gasteiger partial charge in [-0.15, -0.1) is 0 Å². The van der Waals surface area contributed by atoms with Crippen LogP contribution >= 0.6 is 11.8 Å². The van der Waals surface area contributed by atoms with Crippen LogP contribution in [-0.4, -0.2) is 51.8 Å². The predicted molar refractivity (Wildman–Crippen MR) is 73.8 cm³/mol. The molecule has 104 valence electrons. The molecule has 0 aromatic carbocycles. The number of nitrogen functional groups attached to an aromatic ring is 1. The summed E-state index contributed by atoms with van der Waals surface area (Å²) >= 11 is 1.32. The third kappa shape index (κ3) is 3.81. The Morgan fingerprint density at radius 3 is 2.68 bits per heavy atom. The van der Waals surface area contributed by atoms with Gasteiger partial charge in [0.05, 0.1) is 18.0 Å². The molecule has 2 atom stereocenters. The molecule has 0 aliphatic carbocycles. The van der Waals surface area contributed by atoms with E-state index in [1.165, 1.54) is 18.0 Å². The molecule has 2 heterocycles. The zero-order valence-corrected chi connectivity index (χ0v) is 11.9. The SMILES string of the molecule is CC1CN(C(=O)CSc2nccnc2N)CC(C)O1. The van der Waals surface area contributed by atoms with Crippen LogP contribution < -0.4 is 5.73 Å². The van der Waals surface area contributed by atoms with Crippen LogP contribution in [-0.2, 0) is 9.53 Å². The first-order chi connectivity index (χ1) is 9.06. The van der Waals surface area contributed by atoms with Crippen molar-refractivity contribution in [3.8, 4) is 0 Å². The van der Waals surface area contributed by atoms with Crippen molar-refractivity contribution in [2.24, 2.45) is 0 Å². The van der Waals surface area contributed by atoms with E-state index in [1.54, 1.807) is 6.20 Å². The zero-order valence-electron chi connectivity index (χ0n) is 11.1. The highest BCUT2D eigenvalue weighted by Gasteiger charge is 2.25. The van der Waals surface area contributed by atoms with Gasteiger partial charge in [-0.2, -0.15) is 0 Å². The van der Waals surface area contributed by atoms with Crippen molar-refractivity contribution in [3.63, 3.8) is 0 Å². The summed E-state index contributed by atoms with van der Waals surface area (Å²) in [6.45, 7) is 5.23. The third-order valence-electron chi connectivity index (χ3n) is 2.80. The number of nitrogens with two attached hydrogens (primary N) is 1. The van der Waals surface area contributed by atoms with Gasteiger partial charge >= 0.3 is 0 Å². The summed E-state index contributed by atoms with van der Waals surface area (Å²) in [7, 11) is 0. The number of ether oxygens (including phenoxy) is 1. The molecule has 0 radical (unpaired) electrons. The maximum Gasteiger partial charge on any atom is 0.233 e. The summed E-state index contributed by atoms with van der Waals surface area (Å²) in [5.41, 5.74) is 5.69. The second-order valence-electron chi connectivity index (χ2n) is 4.59. The number of hydrogen-bond acceptors (Lipinski definition) is 6. The average Bonchev–Trinajstić information content (AvgIpc) is 2.36. The van der Waals surface area contributed by atoms with E-state index in [-0.39, 0.29) is 18.1 Å². The molecule has 1 aromatic heterocycles. The van der Waals surface area contributed by atoms with Crippen LogP contribution in [0.2, 0.25) is 0 Å². The molecule has 6 nitrogen and oxygen atoms in total. The molecule has 0 bridgehead atoms. The standard InChI is InChI=1S/C12H18N4O2S/c1-8-5-16(6-9(2)18-8)10(17)7-19-12-11(13)14-3-4-15-12/h3-4,8-9H,5-7H2,1-2H3,(H2,13,14). The van der Waals surface area contributed by atoms with E-state index in [2.05, 4.69) is 9.97 Å². The lowest BCUT2D eigenvalue weighted by Crippen LogP contribution is -2.48. The highest BCUT2D eigenvalue weighted by atomic mass is 32.2. The van der Waals surface area contributed by atoms with Gasteiger partial charge in [-0.1, -0.05) is 11.8 Å². The molecule has 1 amide bonds. The maximum absolute atomic E-state index is 12.1. The number of carbonyl (C=O) groups is 1. The molecule has 0 saturated carbocycles. The number of rotatable bonds is 3. The summed E-state index contributed by atoms with van der Waals surface area (Å²) in [4.78, 5) is 22.0. The lowest BCUT2D eigenvalue weighted by molar-refractivity contribution is -0.140. The van der Waals surface area contributed by atoms with E-state index in [0.717, 1.165) is 0 Å². The fourth-order valence-electron chi connectivity index (χ4n) is 2.05. The van der Waals surface area contributed by atoms with Gasteiger partial charge in [0.2, 0.25) is 5.91 Å². The van der Waals surface area contributed by atoms with E-state index in [4.69, 9.17) is 10.5 Å². The van der Waals surface area contributed by atoms with Crippen LogP contribution in [0.4, 0.5) is 5.82 Å². The summed E-state index contributed by atoms with van der Waals surface area (Å²) in [6, 6.07) is 0. The summed E-state index contributed by atoms with van der Waals surface area (Å²) in [5, 5.41) is 0.602.